The van der Waals surface area contributed by atoms with Gasteiger partial charge in [-0.3, -0.25) is 4.79 Å². The smallest absolute Gasteiger partial charge is 0.217 e. The Morgan fingerprint density at radius 1 is 1.35 bits per heavy atom. The summed E-state index contributed by atoms with van der Waals surface area (Å²) in [6.45, 7) is 5.74. The van der Waals surface area contributed by atoms with E-state index in [9.17, 15) is 4.79 Å². The average Bonchev–Trinajstić information content (AvgIpc) is 3.38. The Bertz CT molecular complexity index is 956. The Kier molecular flexibility index (Phi) is 6.26. The Morgan fingerprint density at radius 3 is 2.87 bits per heavy atom. The summed E-state index contributed by atoms with van der Waals surface area (Å²) < 4.78 is 12.0. The lowest BCUT2D eigenvalue weighted by Crippen LogP contribution is -2.25. The maximum atomic E-state index is 11.2. The summed E-state index contributed by atoms with van der Waals surface area (Å²) in [5.74, 6) is 1.88. The van der Waals surface area contributed by atoms with Gasteiger partial charge in [-0.1, -0.05) is 12.1 Å². The van der Waals surface area contributed by atoms with Crippen LogP contribution in [0.1, 0.15) is 38.3 Å². The molecule has 1 aromatic carbocycles. The molecular formula is C24H28N4O3. The van der Waals surface area contributed by atoms with Crippen molar-refractivity contribution in [3.8, 4) is 17.7 Å². The number of nitriles is 1. The van der Waals surface area contributed by atoms with Crippen molar-refractivity contribution in [2.45, 2.75) is 38.8 Å². The van der Waals surface area contributed by atoms with Crippen LogP contribution in [-0.2, 0) is 4.79 Å². The van der Waals surface area contributed by atoms with Crippen LogP contribution in [0.4, 0.5) is 5.69 Å². The summed E-state index contributed by atoms with van der Waals surface area (Å²) in [4.78, 5) is 17.8. The van der Waals surface area contributed by atoms with E-state index in [1.165, 1.54) is 6.92 Å². The quantitative estimate of drug-likeness (QED) is 0.704. The van der Waals surface area contributed by atoms with Crippen LogP contribution in [-0.4, -0.2) is 36.7 Å². The highest BCUT2D eigenvalue weighted by molar-refractivity contribution is 5.73. The molecule has 7 heteroatoms. The molecule has 31 heavy (non-hydrogen) atoms. The third-order valence-electron chi connectivity index (χ3n) is 5.86. The van der Waals surface area contributed by atoms with Crippen LogP contribution in [0.5, 0.6) is 11.6 Å². The summed E-state index contributed by atoms with van der Waals surface area (Å²) in [5, 5.41) is 11.8. The number of nitrogens with zero attached hydrogens (tertiary/aromatic N) is 3. The Labute approximate surface area is 183 Å². The number of ether oxygens (including phenoxy) is 2. The first-order valence-corrected chi connectivity index (χ1v) is 10.8. The lowest BCUT2D eigenvalue weighted by atomic mass is 10.1. The molecule has 0 radical (unpaired) electrons. The SMILES string of the molecule is CC(=O)N[C@@H](C)c1ccc(O[C@@H]2CCN(c3ccnc(OCC4CC4C#N)c3)C2)cc1. The summed E-state index contributed by atoms with van der Waals surface area (Å²) in [7, 11) is 0. The number of pyridine rings is 1. The minimum absolute atomic E-state index is 0.0256. The zero-order valence-corrected chi connectivity index (χ0v) is 18.0. The molecule has 2 heterocycles. The molecule has 1 aliphatic heterocycles. The highest BCUT2D eigenvalue weighted by Gasteiger charge is 2.38. The van der Waals surface area contributed by atoms with Crippen LogP contribution in [0.3, 0.4) is 0 Å². The molecular weight excluding hydrogens is 392 g/mol. The normalized spacial score (nSPS) is 23.0. The minimum atomic E-state index is -0.0394. The largest absolute Gasteiger partial charge is 0.489 e. The average molecular weight is 421 g/mol. The molecule has 1 aromatic heterocycles. The number of carbonyl (C=O) groups excluding carboxylic acids is 1. The summed E-state index contributed by atoms with van der Waals surface area (Å²) in [5.41, 5.74) is 2.12. The van der Waals surface area contributed by atoms with E-state index in [0.717, 1.165) is 42.9 Å². The Hall–Kier alpha value is -3.27. The maximum Gasteiger partial charge on any atom is 0.217 e. The molecule has 0 spiro atoms. The lowest BCUT2D eigenvalue weighted by molar-refractivity contribution is -0.119. The number of anilines is 1. The third-order valence-corrected chi connectivity index (χ3v) is 5.86. The molecule has 1 N–H and O–H groups in total. The van der Waals surface area contributed by atoms with Crippen molar-refractivity contribution in [2.75, 3.05) is 24.6 Å². The summed E-state index contributed by atoms with van der Waals surface area (Å²) in [6.07, 6.45) is 3.74. The zero-order chi connectivity index (χ0) is 21.8. The van der Waals surface area contributed by atoms with Gasteiger partial charge in [-0.2, -0.15) is 5.26 Å². The highest BCUT2D eigenvalue weighted by atomic mass is 16.5. The fourth-order valence-corrected chi connectivity index (χ4v) is 3.93. The van der Waals surface area contributed by atoms with Crippen LogP contribution in [0.2, 0.25) is 0 Å². The van der Waals surface area contributed by atoms with Crippen LogP contribution in [0.25, 0.3) is 0 Å². The highest BCUT2D eigenvalue weighted by Crippen LogP contribution is 2.38. The predicted molar refractivity (Wildman–Crippen MR) is 117 cm³/mol. The molecule has 1 aliphatic carbocycles. The molecule has 1 saturated carbocycles. The number of hydrogen-bond donors (Lipinski definition) is 1. The standard InChI is InChI=1S/C24H28N4O3/c1-16(27-17(2)29)18-3-5-22(6-4-18)31-23-8-10-28(14-23)21-7-9-26-24(12-21)30-15-20-11-19(20)13-25/h3-7,9,12,16,19-20,23H,8,10-11,14-15H2,1-2H3,(H,27,29)/t16-,19?,20?,23+/m0/s1. The van der Waals surface area contributed by atoms with Gasteiger partial charge in [0.2, 0.25) is 11.8 Å². The second-order valence-electron chi connectivity index (χ2n) is 8.36. The molecule has 4 rings (SSSR count). The van der Waals surface area contributed by atoms with Crippen molar-refractivity contribution in [1.29, 1.82) is 5.26 Å². The Balaban J connectivity index is 1.29. The van der Waals surface area contributed by atoms with E-state index in [4.69, 9.17) is 14.7 Å². The summed E-state index contributed by atoms with van der Waals surface area (Å²) in [6, 6.07) is 14.1. The fraction of sp³-hybridized carbons (Fsp3) is 0.458. The van der Waals surface area contributed by atoms with Gasteiger partial charge in [-0.15, -0.1) is 0 Å². The van der Waals surface area contributed by atoms with E-state index in [0.29, 0.717) is 18.4 Å². The van der Waals surface area contributed by atoms with Crippen molar-refractivity contribution in [3.63, 3.8) is 0 Å². The molecule has 1 amide bonds. The lowest BCUT2D eigenvalue weighted by Gasteiger charge is -2.20. The van der Waals surface area contributed by atoms with E-state index in [1.807, 2.05) is 43.3 Å². The van der Waals surface area contributed by atoms with Gasteiger partial charge in [-0.05, 0) is 37.1 Å². The van der Waals surface area contributed by atoms with Crippen molar-refractivity contribution in [3.05, 3.63) is 48.2 Å². The van der Waals surface area contributed by atoms with Crippen LogP contribution < -0.4 is 19.7 Å². The molecule has 2 unspecified atom stereocenters. The van der Waals surface area contributed by atoms with Gasteiger partial charge in [0.05, 0.1) is 31.2 Å². The number of hydrogen-bond acceptors (Lipinski definition) is 6. The van der Waals surface area contributed by atoms with E-state index in [2.05, 4.69) is 21.3 Å². The molecule has 7 nitrogen and oxygen atoms in total. The number of aromatic nitrogens is 1. The van der Waals surface area contributed by atoms with Crippen LogP contribution >= 0.6 is 0 Å². The fourth-order valence-electron chi connectivity index (χ4n) is 3.93. The first-order chi connectivity index (χ1) is 15.0. The van der Waals surface area contributed by atoms with Gasteiger partial charge < -0.3 is 19.7 Å². The number of benzene rings is 1. The molecule has 0 bridgehead atoms. The third kappa shape index (κ3) is 5.46. The molecule has 1 saturated heterocycles. The monoisotopic (exact) mass is 420 g/mol. The number of rotatable bonds is 8. The molecule has 162 valence electrons. The van der Waals surface area contributed by atoms with E-state index in [-0.39, 0.29) is 24.0 Å². The van der Waals surface area contributed by atoms with Gasteiger partial charge in [-0.25, -0.2) is 4.98 Å². The van der Waals surface area contributed by atoms with Crippen LogP contribution in [0, 0.1) is 23.2 Å². The summed E-state index contributed by atoms with van der Waals surface area (Å²) >= 11 is 0. The van der Waals surface area contributed by atoms with Gasteiger partial charge in [0.15, 0.2) is 0 Å². The van der Waals surface area contributed by atoms with Gasteiger partial charge in [0, 0.05) is 43.8 Å². The van der Waals surface area contributed by atoms with E-state index in [1.54, 1.807) is 6.20 Å². The minimum Gasteiger partial charge on any atom is -0.489 e. The molecule has 2 aliphatic rings. The van der Waals surface area contributed by atoms with Crippen molar-refractivity contribution in [1.82, 2.24) is 10.3 Å². The first kappa shape index (κ1) is 21.0. The second kappa shape index (κ2) is 9.25. The first-order valence-electron chi connectivity index (χ1n) is 10.8. The maximum absolute atomic E-state index is 11.2. The topological polar surface area (TPSA) is 87.5 Å². The van der Waals surface area contributed by atoms with Crippen molar-refractivity contribution in [2.24, 2.45) is 11.8 Å². The second-order valence-corrected chi connectivity index (χ2v) is 8.36. The van der Waals surface area contributed by atoms with E-state index >= 15 is 0 Å². The molecule has 4 atom stereocenters. The van der Waals surface area contributed by atoms with Crippen molar-refractivity contribution < 1.29 is 14.3 Å². The van der Waals surface area contributed by atoms with E-state index < -0.39 is 0 Å². The van der Waals surface area contributed by atoms with Gasteiger partial charge in [0.25, 0.3) is 0 Å². The van der Waals surface area contributed by atoms with Gasteiger partial charge >= 0.3 is 0 Å². The predicted octanol–water partition coefficient (Wildman–Crippen LogP) is 3.47. The Morgan fingerprint density at radius 2 is 2.16 bits per heavy atom. The zero-order valence-electron chi connectivity index (χ0n) is 18.0. The van der Waals surface area contributed by atoms with Gasteiger partial charge in [0.1, 0.15) is 11.9 Å². The van der Waals surface area contributed by atoms with Crippen molar-refractivity contribution >= 4 is 11.6 Å². The van der Waals surface area contributed by atoms with Crippen LogP contribution in [0.15, 0.2) is 42.6 Å². The molecule has 2 aromatic rings. The number of amides is 1. The number of carbonyl (C=O) groups is 1. The number of nitrogens with one attached hydrogen (secondary N) is 1. The molecule has 2 fully saturated rings.